The minimum absolute atomic E-state index is 0.228. The molecule has 6 heteroatoms. The highest BCUT2D eigenvalue weighted by Crippen LogP contribution is 2.31. The first kappa shape index (κ1) is 16.4. The molecule has 0 fully saturated rings. The van der Waals surface area contributed by atoms with E-state index < -0.39 is 6.10 Å². The normalized spacial score (nSPS) is 12.0. The number of nitrogens with zero attached hydrogens (tertiary/aromatic N) is 1. The highest BCUT2D eigenvalue weighted by molar-refractivity contribution is 7.14. The molecule has 1 atom stereocenters. The van der Waals surface area contributed by atoms with Gasteiger partial charge >= 0.3 is 0 Å². The lowest BCUT2D eigenvalue weighted by atomic mass is 10.1. The number of fused-ring (bicyclic) bond motifs is 1. The zero-order valence-corrected chi connectivity index (χ0v) is 14.9. The molecule has 2 heterocycles. The van der Waals surface area contributed by atoms with Crippen LogP contribution in [0, 0.1) is 0 Å². The lowest BCUT2D eigenvalue weighted by Crippen LogP contribution is -2.30. The lowest BCUT2D eigenvalue weighted by Gasteiger charge is -2.13. The molecule has 0 aliphatic carbocycles. The molecule has 0 saturated carbocycles. The fourth-order valence-electron chi connectivity index (χ4n) is 2.70. The fourth-order valence-corrected chi connectivity index (χ4v) is 3.42. The van der Waals surface area contributed by atoms with Crippen LogP contribution in [0.15, 0.2) is 66.2 Å². The van der Waals surface area contributed by atoms with Crippen molar-refractivity contribution in [2.24, 2.45) is 0 Å². The second kappa shape index (κ2) is 7.01. The van der Waals surface area contributed by atoms with E-state index in [4.69, 9.17) is 4.74 Å². The highest BCUT2D eigenvalue weighted by Gasteiger charge is 2.17. The van der Waals surface area contributed by atoms with Gasteiger partial charge in [0, 0.05) is 28.0 Å². The van der Waals surface area contributed by atoms with E-state index in [9.17, 15) is 4.79 Å². The van der Waals surface area contributed by atoms with Crippen LogP contribution in [-0.2, 0) is 4.79 Å². The van der Waals surface area contributed by atoms with Crippen molar-refractivity contribution in [1.29, 1.82) is 0 Å². The van der Waals surface area contributed by atoms with Crippen molar-refractivity contribution in [3.63, 3.8) is 0 Å². The molecule has 0 spiro atoms. The van der Waals surface area contributed by atoms with Gasteiger partial charge in [0.25, 0.3) is 5.91 Å². The molecular formula is C20H17N3O2S. The summed E-state index contributed by atoms with van der Waals surface area (Å²) in [7, 11) is 0. The van der Waals surface area contributed by atoms with Crippen molar-refractivity contribution in [2.75, 3.05) is 5.32 Å². The predicted molar refractivity (Wildman–Crippen MR) is 105 cm³/mol. The van der Waals surface area contributed by atoms with E-state index in [0.29, 0.717) is 10.9 Å². The lowest BCUT2D eigenvalue weighted by molar-refractivity contribution is -0.122. The predicted octanol–water partition coefficient (Wildman–Crippen LogP) is 4.70. The molecule has 5 nitrogen and oxygen atoms in total. The average Bonchev–Trinajstić information content (AvgIpc) is 3.29. The first-order valence-electron chi connectivity index (χ1n) is 8.25. The second-order valence-corrected chi connectivity index (χ2v) is 6.71. The monoisotopic (exact) mass is 363 g/mol. The Morgan fingerprint density at radius 1 is 1.15 bits per heavy atom. The summed E-state index contributed by atoms with van der Waals surface area (Å²) in [5, 5.41) is 6.43. The molecule has 130 valence electrons. The molecule has 26 heavy (non-hydrogen) atoms. The van der Waals surface area contributed by atoms with Crippen LogP contribution >= 0.6 is 11.3 Å². The Hall–Kier alpha value is -3.12. The Morgan fingerprint density at radius 3 is 2.77 bits per heavy atom. The third-order valence-electron chi connectivity index (χ3n) is 4.02. The third-order valence-corrected chi connectivity index (χ3v) is 4.78. The number of thiazole rings is 1. The van der Waals surface area contributed by atoms with Gasteiger partial charge in [-0.05, 0) is 25.1 Å². The quantitative estimate of drug-likeness (QED) is 0.540. The van der Waals surface area contributed by atoms with Crippen molar-refractivity contribution in [3.8, 4) is 17.0 Å². The van der Waals surface area contributed by atoms with Crippen LogP contribution in [-0.4, -0.2) is 22.0 Å². The van der Waals surface area contributed by atoms with Crippen molar-refractivity contribution in [2.45, 2.75) is 13.0 Å². The second-order valence-electron chi connectivity index (χ2n) is 5.85. The molecule has 4 rings (SSSR count). The zero-order chi connectivity index (χ0) is 17.9. The van der Waals surface area contributed by atoms with E-state index in [2.05, 4.69) is 21.4 Å². The van der Waals surface area contributed by atoms with E-state index >= 15 is 0 Å². The van der Waals surface area contributed by atoms with Gasteiger partial charge in [0.1, 0.15) is 5.75 Å². The number of aromatic nitrogens is 2. The highest BCUT2D eigenvalue weighted by atomic mass is 32.1. The molecule has 1 unspecified atom stereocenters. The number of H-pyrrole nitrogens is 1. The maximum atomic E-state index is 12.3. The van der Waals surface area contributed by atoms with Gasteiger partial charge in [-0.2, -0.15) is 0 Å². The summed E-state index contributed by atoms with van der Waals surface area (Å²) in [6, 6.07) is 17.3. The number of rotatable bonds is 5. The average molecular weight is 363 g/mol. The Kier molecular flexibility index (Phi) is 4.41. The minimum Gasteiger partial charge on any atom is -0.481 e. The molecule has 1 amide bonds. The first-order valence-corrected chi connectivity index (χ1v) is 9.13. The molecule has 0 bridgehead atoms. The number of anilines is 1. The van der Waals surface area contributed by atoms with Gasteiger partial charge in [-0.1, -0.05) is 36.4 Å². The maximum absolute atomic E-state index is 12.3. The summed E-state index contributed by atoms with van der Waals surface area (Å²) < 4.78 is 5.64. The number of nitrogens with one attached hydrogen (secondary N) is 2. The number of carbonyl (C=O) groups excluding carboxylic acids is 1. The SMILES string of the molecule is CC(Oc1ccccc1)C(=O)Nc1nc(-c2c[nH]c3ccccc23)cs1. The number of ether oxygens (including phenoxy) is 1. The molecule has 2 aromatic heterocycles. The van der Waals surface area contributed by atoms with Gasteiger partial charge < -0.3 is 9.72 Å². The van der Waals surface area contributed by atoms with Gasteiger partial charge in [0.15, 0.2) is 11.2 Å². The number of benzene rings is 2. The Balaban J connectivity index is 1.47. The van der Waals surface area contributed by atoms with Crippen LogP contribution in [0.4, 0.5) is 5.13 Å². The van der Waals surface area contributed by atoms with Crippen molar-refractivity contribution >= 4 is 33.3 Å². The number of para-hydroxylation sites is 2. The molecule has 4 aromatic rings. The summed E-state index contributed by atoms with van der Waals surface area (Å²) in [4.78, 5) is 20.1. The van der Waals surface area contributed by atoms with Crippen molar-refractivity contribution in [3.05, 3.63) is 66.2 Å². The largest absolute Gasteiger partial charge is 0.481 e. The molecule has 2 aromatic carbocycles. The standard InChI is InChI=1S/C20H17N3O2S/c1-13(25-14-7-3-2-4-8-14)19(24)23-20-22-18(12-26-20)16-11-21-17-10-6-5-9-15(16)17/h2-13,21H,1H3,(H,22,23,24). The first-order chi connectivity index (χ1) is 12.7. The summed E-state index contributed by atoms with van der Waals surface area (Å²) in [6.07, 6.45) is 1.32. The van der Waals surface area contributed by atoms with Crippen LogP contribution in [0.2, 0.25) is 0 Å². The molecule has 0 radical (unpaired) electrons. The van der Waals surface area contributed by atoms with E-state index in [1.165, 1.54) is 11.3 Å². The summed E-state index contributed by atoms with van der Waals surface area (Å²) in [5.74, 6) is 0.433. The number of amides is 1. The molecule has 0 aliphatic heterocycles. The van der Waals surface area contributed by atoms with Crippen LogP contribution in [0.5, 0.6) is 5.75 Å². The van der Waals surface area contributed by atoms with Gasteiger partial charge in [-0.25, -0.2) is 4.98 Å². The molecule has 2 N–H and O–H groups in total. The molecule has 0 saturated heterocycles. The molecule has 0 aliphatic rings. The maximum Gasteiger partial charge on any atom is 0.266 e. The number of hydrogen-bond acceptors (Lipinski definition) is 4. The van der Waals surface area contributed by atoms with Gasteiger partial charge in [0.05, 0.1) is 5.69 Å². The van der Waals surface area contributed by atoms with Crippen molar-refractivity contribution < 1.29 is 9.53 Å². The summed E-state index contributed by atoms with van der Waals surface area (Å²) >= 11 is 1.40. The van der Waals surface area contributed by atoms with E-state index in [0.717, 1.165) is 22.2 Å². The van der Waals surface area contributed by atoms with Gasteiger partial charge in [0.2, 0.25) is 0 Å². The van der Waals surface area contributed by atoms with Crippen molar-refractivity contribution in [1.82, 2.24) is 9.97 Å². The Bertz CT molecular complexity index is 1040. The Morgan fingerprint density at radius 2 is 1.92 bits per heavy atom. The van der Waals surface area contributed by atoms with Crippen LogP contribution in [0.1, 0.15) is 6.92 Å². The fraction of sp³-hybridized carbons (Fsp3) is 0.100. The smallest absolute Gasteiger partial charge is 0.266 e. The van der Waals surface area contributed by atoms with Gasteiger partial charge in [-0.15, -0.1) is 11.3 Å². The Labute approximate surface area is 154 Å². The number of hydrogen-bond donors (Lipinski definition) is 2. The summed E-state index contributed by atoms with van der Waals surface area (Å²) in [6.45, 7) is 1.72. The minimum atomic E-state index is -0.613. The third kappa shape index (κ3) is 3.32. The number of aromatic amines is 1. The van der Waals surface area contributed by atoms with Crippen LogP contribution in [0.3, 0.4) is 0 Å². The summed E-state index contributed by atoms with van der Waals surface area (Å²) in [5.41, 5.74) is 2.91. The van der Waals surface area contributed by atoms with E-state index in [1.807, 2.05) is 60.1 Å². The van der Waals surface area contributed by atoms with Crippen LogP contribution in [0.25, 0.3) is 22.2 Å². The van der Waals surface area contributed by atoms with E-state index in [-0.39, 0.29) is 5.91 Å². The molecular weight excluding hydrogens is 346 g/mol. The topological polar surface area (TPSA) is 67.0 Å². The van der Waals surface area contributed by atoms with Gasteiger partial charge in [-0.3, -0.25) is 10.1 Å². The number of carbonyl (C=O) groups is 1. The van der Waals surface area contributed by atoms with Crippen LogP contribution < -0.4 is 10.1 Å². The zero-order valence-electron chi connectivity index (χ0n) is 14.1. The van der Waals surface area contributed by atoms with E-state index in [1.54, 1.807) is 6.92 Å².